The number of benzene rings is 1. The van der Waals surface area contributed by atoms with Crippen molar-refractivity contribution in [2.45, 2.75) is 24.4 Å². The van der Waals surface area contributed by atoms with E-state index in [2.05, 4.69) is 4.36 Å². The number of halogens is 3. The standard InChI is InChI=1S/C12H16F3NO2S/c1-4-7-18-9-5-6-11(19(3,17)16-2)10(8-9)12(13,14)15/h5-6,8H,4,7H2,1-3H3. The van der Waals surface area contributed by atoms with Gasteiger partial charge in [-0.05, 0) is 24.6 Å². The molecular weight excluding hydrogens is 279 g/mol. The Bertz CT molecular complexity index is 561. The zero-order valence-corrected chi connectivity index (χ0v) is 11.8. The van der Waals surface area contributed by atoms with E-state index in [4.69, 9.17) is 4.74 Å². The predicted octanol–water partition coefficient (Wildman–Crippen LogP) is 3.58. The van der Waals surface area contributed by atoms with E-state index >= 15 is 0 Å². The Hall–Kier alpha value is -1.24. The van der Waals surface area contributed by atoms with Crippen LogP contribution in [0.15, 0.2) is 27.5 Å². The van der Waals surface area contributed by atoms with Crippen molar-refractivity contribution in [3.05, 3.63) is 23.8 Å². The Balaban J connectivity index is 3.39. The van der Waals surface area contributed by atoms with Gasteiger partial charge in [-0.25, -0.2) is 8.57 Å². The van der Waals surface area contributed by atoms with Crippen molar-refractivity contribution in [1.29, 1.82) is 0 Å². The molecule has 0 amide bonds. The lowest BCUT2D eigenvalue weighted by molar-refractivity contribution is -0.139. The fraction of sp³-hybridized carbons (Fsp3) is 0.500. The molecule has 0 fully saturated rings. The maximum Gasteiger partial charge on any atom is 0.417 e. The topological polar surface area (TPSA) is 38.7 Å². The van der Waals surface area contributed by atoms with E-state index in [9.17, 15) is 17.4 Å². The summed E-state index contributed by atoms with van der Waals surface area (Å²) < 4.78 is 59.7. The first kappa shape index (κ1) is 15.8. The molecule has 0 aliphatic carbocycles. The summed E-state index contributed by atoms with van der Waals surface area (Å²) in [5.41, 5.74) is -0.959. The molecule has 1 rings (SSSR count). The molecule has 0 aliphatic heterocycles. The van der Waals surface area contributed by atoms with Crippen LogP contribution in [0.25, 0.3) is 0 Å². The van der Waals surface area contributed by atoms with Gasteiger partial charge in [0.1, 0.15) is 5.75 Å². The summed E-state index contributed by atoms with van der Waals surface area (Å²) in [5, 5.41) is 0. The summed E-state index contributed by atoms with van der Waals surface area (Å²) in [6.45, 7) is 2.18. The van der Waals surface area contributed by atoms with E-state index in [1.165, 1.54) is 25.4 Å². The van der Waals surface area contributed by atoms with Crippen molar-refractivity contribution >= 4 is 9.73 Å². The molecule has 3 nitrogen and oxygen atoms in total. The second-order valence-electron chi connectivity index (χ2n) is 3.99. The molecule has 0 radical (unpaired) electrons. The largest absolute Gasteiger partial charge is 0.494 e. The first-order valence-corrected chi connectivity index (χ1v) is 7.59. The second-order valence-corrected chi connectivity index (χ2v) is 6.40. The average molecular weight is 295 g/mol. The van der Waals surface area contributed by atoms with Crippen molar-refractivity contribution in [3.63, 3.8) is 0 Å². The number of hydrogen-bond acceptors (Lipinski definition) is 3. The second kappa shape index (κ2) is 5.81. The van der Waals surface area contributed by atoms with Gasteiger partial charge in [0.05, 0.1) is 26.8 Å². The van der Waals surface area contributed by atoms with Gasteiger partial charge in [0.15, 0.2) is 0 Å². The SMILES string of the molecule is CCCOc1ccc(S(C)(=O)=NC)c(C(F)(F)F)c1. The van der Waals surface area contributed by atoms with E-state index < -0.39 is 21.5 Å². The Morgan fingerprint density at radius 2 is 2.00 bits per heavy atom. The van der Waals surface area contributed by atoms with E-state index in [-0.39, 0.29) is 10.6 Å². The molecule has 0 bridgehead atoms. The molecule has 0 aromatic heterocycles. The molecule has 0 saturated heterocycles. The average Bonchev–Trinajstić information content (AvgIpc) is 2.35. The summed E-state index contributed by atoms with van der Waals surface area (Å²) in [6, 6.07) is 3.43. The Morgan fingerprint density at radius 1 is 1.37 bits per heavy atom. The van der Waals surface area contributed by atoms with Crippen LogP contribution in [0, 0.1) is 0 Å². The first-order chi connectivity index (χ1) is 8.72. The molecule has 0 saturated carbocycles. The highest BCUT2D eigenvalue weighted by molar-refractivity contribution is 7.93. The van der Waals surface area contributed by atoms with E-state index in [0.717, 1.165) is 6.07 Å². The maximum absolute atomic E-state index is 13.0. The van der Waals surface area contributed by atoms with Crippen LogP contribution >= 0.6 is 0 Å². The highest BCUT2D eigenvalue weighted by Gasteiger charge is 2.36. The number of ether oxygens (including phenoxy) is 1. The third-order valence-electron chi connectivity index (χ3n) is 2.49. The van der Waals surface area contributed by atoms with Gasteiger partial charge in [-0.15, -0.1) is 0 Å². The lowest BCUT2D eigenvalue weighted by Gasteiger charge is -2.15. The fourth-order valence-electron chi connectivity index (χ4n) is 1.47. The van der Waals surface area contributed by atoms with E-state index in [0.29, 0.717) is 13.0 Å². The van der Waals surface area contributed by atoms with Crippen LogP contribution in [0.3, 0.4) is 0 Å². The summed E-state index contributed by atoms with van der Waals surface area (Å²) in [4.78, 5) is -0.314. The normalized spacial score (nSPS) is 14.8. The highest BCUT2D eigenvalue weighted by Crippen LogP contribution is 2.36. The third-order valence-corrected chi connectivity index (χ3v) is 4.35. The fourth-order valence-corrected chi connectivity index (χ4v) is 2.57. The van der Waals surface area contributed by atoms with Crippen molar-refractivity contribution in [2.24, 2.45) is 4.36 Å². The van der Waals surface area contributed by atoms with Crippen molar-refractivity contribution in [2.75, 3.05) is 19.9 Å². The summed E-state index contributed by atoms with van der Waals surface area (Å²) in [6.07, 6.45) is -2.72. The summed E-state index contributed by atoms with van der Waals surface area (Å²) in [5.74, 6) is 0.115. The smallest absolute Gasteiger partial charge is 0.417 e. The van der Waals surface area contributed by atoms with Gasteiger partial charge < -0.3 is 4.74 Å². The quantitative estimate of drug-likeness (QED) is 0.851. The van der Waals surface area contributed by atoms with Gasteiger partial charge in [0.25, 0.3) is 0 Å². The molecule has 1 atom stereocenters. The molecule has 108 valence electrons. The summed E-state index contributed by atoms with van der Waals surface area (Å²) >= 11 is 0. The van der Waals surface area contributed by atoms with Gasteiger partial charge in [-0.2, -0.15) is 13.2 Å². The molecule has 1 aromatic rings. The molecule has 0 spiro atoms. The van der Waals surface area contributed by atoms with Crippen molar-refractivity contribution in [3.8, 4) is 5.75 Å². The Kier molecular flexibility index (Phi) is 4.84. The third kappa shape index (κ3) is 3.86. The highest BCUT2D eigenvalue weighted by atomic mass is 32.2. The van der Waals surface area contributed by atoms with Gasteiger partial charge in [0.2, 0.25) is 0 Å². The molecule has 0 N–H and O–H groups in total. The first-order valence-electron chi connectivity index (χ1n) is 5.66. The molecule has 0 aliphatic rings. The van der Waals surface area contributed by atoms with Crippen molar-refractivity contribution in [1.82, 2.24) is 0 Å². The van der Waals surface area contributed by atoms with Crippen LogP contribution < -0.4 is 4.74 Å². The molecule has 1 unspecified atom stereocenters. The minimum Gasteiger partial charge on any atom is -0.494 e. The number of nitrogens with zero attached hydrogens (tertiary/aromatic N) is 1. The Morgan fingerprint density at radius 3 is 2.47 bits per heavy atom. The maximum atomic E-state index is 13.0. The molecule has 7 heteroatoms. The predicted molar refractivity (Wildman–Crippen MR) is 67.9 cm³/mol. The van der Waals surface area contributed by atoms with Crippen LogP contribution in [0.1, 0.15) is 18.9 Å². The molecule has 19 heavy (non-hydrogen) atoms. The van der Waals surface area contributed by atoms with Gasteiger partial charge >= 0.3 is 6.18 Å². The lowest BCUT2D eigenvalue weighted by Crippen LogP contribution is -2.13. The van der Waals surface area contributed by atoms with Crippen LogP contribution in [-0.2, 0) is 15.9 Å². The van der Waals surface area contributed by atoms with Crippen LogP contribution in [0.5, 0.6) is 5.75 Å². The Labute approximate surface area is 111 Å². The molecule has 1 aromatic carbocycles. The summed E-state index contributed by atoms with van der Waals surface area (Å²) in [7, 11) is -1.81. The van der Waals surface area contributed by atoms with Crippen LogP contribution in [0.2, 0.25) is 0 Å². The van der Waals surface area contributed by atoms with Gasteiger partial charge in [-0.3, -0.25) is 0 Å². The van der Waals surface area contributed by atoms with Crippen LogP contribution in [0.4, 0.5) is 13.2 Å². The monoisotopic (exact) mass is 295 g/mol. The lowest BCUT2D eigenvalue weighted by atomic mass is 10.2. The van der Waals surface area contributed by atoms with Crippen LogP contribution in [-0.4, -0.2) is 24.1 Å². The van der Waals surface area contributed by atoms with Crippen molar-refractivity contribution < 1.29 is 22.1 Å². The van der Waals surface area contributed by atoms with E-state index in [1.807, 2.05) is 6.92 Å². The minimum absolute atomic E-state index is 0.115. The molecular formula is C12H16F3NO2S. The zero-order chi connectivity index (χ0) is 14.7. The minimum atomic E-state index is -4.59. The number of hydrogen-bond donors (Lipinski definition) is 0. The zero-order valence-electron chi connectivity index (χ0n) is 11.0. The van der Waals surface area contributed by atoms with Gasteiger partial charge in [-0.1, -0.05) is 6.92 Å². The molecule has 0 heterocycles. The number of rotatable bonds is 4. The number of alkyl halides is 3. The van der Waals surface area contributed by atoms with Gasteiger partial charge in [0, 0.05) is 13.3 Å². The van der Waals surface area contributed by atoms with E-state index in [1.54, 1.807) is 0 Å².